The Morgan fingerprint density at radius 1 is 0.914 bits per heavy atom. The normalized spacial score (nSPS) is 10.6. The van der Waals surface area contributed by atoms with E-state index >= 15 is 0 Å². The first kappa shape index (κ1) is 25.8. The topological polar surface area (TPSA) is 81.5 Å². The molecule has 0 aliphatic heterocycles. The second-order valence-corrected chi connectivity index (χ2v) is 7.78. The first-order valence-electron chi connectivity index (χ1n) is 11.0. The molecule has 3 rings (SSSR count). The highest BCUT2D eigenvalue weighted by atomic mass is 19.1. The molecule has 8 nitrogen and oxygen atoms in total. The number of rotatable bonds is 12. The second-order valence-electron chi connectivity index (χ2n) is 7.78. The summed E-state index contributed by atoms with van der Waals surface area (Å²) in [5, 5.41) is 0. The summed E-state index contributed by atoms with van der Waals surface area (Å²) in [4.78, 5) is 29.8. The molecule has 35 heavy (non-hydrogen) atoms. The van der Waals surface area contributed by atoms with Crippen molar-refractivity contribution < 1.29 is 32.6 Å². The van der Waals surface area contributed by atoms with Crippen LogP contribution in [0.4, 0.5) is 4.39 Å². The fourth-order valence-corrected chi connectivity index (χ4v) is 3.46. The lowest BCUT2D eigenvalue weighted by molar-refractivity contribution is -0.133. The predicted octanol–water partition coefficient (Wildman–Crippen LogP) is 3.75. The van der Waals surface area contributed by atoms with Gasteiger partial charge in [0.2, 0.25) is 5.91 Å². The fourth-order valence-electron chi connectivity index (χ4n) is 3.46. The number of ether oxygens (including phenoxy) is 3. The van der Waals surface area contributed by atoms with Gasteiger partial charge in [0.1, 0.15) is 29.6 Å². The third kappa shape index (κ3) is 7.31. The molecule has 0 unspecified atom stereocenters. The maximum Gasteiger partial charge on any atom is 0.254 e. The summed E-state index contributed by atoms with van der Waals surface area (Å²) < 4.78 is 34.5. The molecule has 0 radical (unpaired) electrons. The number of halogens is 1. The van der Waals surface area contributed by atoms with Crippen molar-refractivity contribution in [3.8, 4) is 11.5 Å². The molecule has 0 bridgehead atoms. The molecule has 1 aromatic heterocycles. The molecule has 0 spiro atoms. The van der Waals surface area contributed by atoms with Gasteiger partial charge in [0.15, 0.2) is 0 Å². The van der Waals surface area contributed by atoms with Gasteiger partial charge in [-0.1, -0.05) is 12.1 Å². The van der Waals surface area contributed by atoms with E-state index in [-0.39, 0.29) is 50.4 Å². The van der Waals surface area contributed by atoms with Crippen LogP contribution in [0.3, 0.4) is 0 Å². The molecular formula is C26H29FN2O6. The van der Waals surface area contributed by atoms with E-state index < -0.39 is 0 Å². The first-order valence-corrected chi connectivity index (χ1v) is 11.0. The first-order chi connectivity index (χ1) is 16.9. The Hall–Kier alpha value is -3.85. The minimum Gasteiger partial charge on any atom is -0.497 e. The maximum absolute atomic E-state index is 13.4. The smallest absolute Gasteiger partial charge is 0.254 e. The van der Waals surface area contributed by atoms with Crippen LogP contribution in [0.25, 0.3) is 0 Å². The van der Waals surface area contributed by atoms with Crippen LogP contribution in [0.15, 0.2) is 65.3 Å². The maximum atomic E-state index is 13.4. The Morgan fingerprint density at radius 3 is 2.17 bits per heavy atom. The number of carbonyl (C=O) groups excluding carboxylic acids is 2. The molecule has 0 aliphatic rings. The molecule has 3 aromatic rings. The zero-order valence-corrected chi connectivity index (χ0v) is 20.0. The zero-order chi connectivity index (χ0) is 25.2. The van der Waals surface area contributed by atoms with Crippen LogP contribution in [0.2, 0.25) is 0 Å². The summed E-state index contributed by atoms with van der Waals surface area (Å²) in [6.07, 6.45) is 1.53. The van der Waals surface area contributed by atoms with Gasteiger partial charge in [0, 0.05) is 31.8 Å². The quantitative estimate of drug-likeness (QED) is 0.390. The largest absolute Gasteiger partial charge is 0.497 e. The Balaban J connectivity index is 1.84. The number of hydrogen-bond acceptors (Lipinski definition) is 6. The predicted molar refractivity (Wildman–Crippen MR) is 127 cm³/mol. The van der Waals surface area contributed by atoms with E-state index in [9.17, 15) is 14.0 Å². The highest BCUT2D eigenvalue weighted by Crippen LogP contribution is 2.23. The molecule has 0 fully saturated rings. The number of furan rings is 1. The van der Waals surface area contributed by atoms with Gasteiger partial charge in [-0.15, -0.1) is 0 Å². The van der Waals surface area contributed by atoms with Gasteiger partial charge in [0.05, 0.1) is 33.6 Å². The van der Waals surface area contributed by atoms with Crippen LogP contribution in [0, 0.1) is 5.82 Å². The number of hydrogen-bond donors (Lipinski definition) is 0. The molecule has 1 heterocycles. The summed E-state index contributed by atoms with van der Waals surface area (Å²) in [6.45, 7) is 0.674. The molecule has 9 heteroatoms. The minimum absolute atomic E-state index is 0.191. The third-order valence-electron chi connectivity index (χ3n) is 5.34. The third-order valence-corrected chi connectivity index (χ3v) is 5.34. The Labute approximate surface area is 203 Å². The van der Waals surface area contributed by atoms with Crippen molar-refractivity contribution in [1.82, 2.24) is 9.80 Å². The molecular weight excluding hydrogens is 455 g/mol. The molecule has 0 atom stereocenters. The van der Waals surface area contributed by atoms with E-state index in [1.165, 1.54) is 44.6 Å². The Kier molecular flexibility index (Phi) is 9.25. The van der Waals surface area contributed by atoms with Gasteiger partial charge in [-0.3, -0.25) is 9.59 Å². The van der Waals surface area contributed by atoms with Crippen LogP contribution in [-0.2, 0) is 22.6 Å². The van der Waals surface area contributed by atoms with Crippen LogP contribution in [0.5, 0.6) is 11.5 Å². The van der Waals surface area contributed by atoms with Gasteiger partial charge < -0.3 is 28.4 Å². The van der Waals surface area contributed by atoms with Gasteiger partial charge >= 0.3 is 0 Å². The van der Waals surface area contributed by atoms with Crippen LogP contribution in [0.1, 0.15) is 21.7 Å². The van der Waals surface area contributed by atoms with E-state index in [1.807, 2.05) is 0 Å². The van der Waals surface area contributed by atoms with Crippen molar-refractivity contribution in [2.45, 2.75) is 13.1 Å². The van der Waals surface area contributed by atoms with Crippen LogP contribution < -0.4 is 9.47 Å². The average Bonchev–Trinajstić information content (AvgIpc) is 3.39. The van der Waals surface area contributed by atoms with Crippen molar-refractivity contribution in [3.63, 3.8) is 0 Å². The van der Waals surface area contributed by atoms with Crippen molar-refractivity contribution in [2.75, 3.05) is 41.0 Å². The van der Waals surface area contributed by atoms with E-state index in [4.69, 9.17) is 18.6 Å². The molecule has 2 aromatic carbocycles. The SMILES string of the molecule is COCCN(CC(=O)N(Cc1ccc(F)cc1)Cc1ccco1)C(=O)c1cc(OC)cc(OC)c1. The van der Waals surface area contributed by atoms with Gasteiger partial charge in [0.25, 0.3) is 5.91 Å². The van der Waals surface area contributed by atoms with Crippen molar-refractivity contribution in [3.05, 3.63) is 83.6 Å². The van der Waals surface area contributed by atoms with E-state index in [0.717, 1.165) is 5.56 Å². The molecule has 0 aliphatic carbocycles. The number of amides is 2. The van der Waals surface area contributed by atoms with Crippen LogP contribution >= 0.6 is 0 Å². The summed E-state index contributed by atoms with van der Waals surface area (Å²) in [5.74, 6) is 0.482. The number of methoxy groups -OCH3 is 3. The van der Waals surface area contributed by atoms with E-state index in [0.29, 0.717) is 22.8 Å². The van der Waals surface area contributed by atoms with E-state index in [2.05, 4.69) is 0 Å². The lowest BCUT2D eigenvalue weighted by atomic mass is 10.1. The summed E-state index contributed by atoms with van der Waals surface area (Å²) >= 11 is 0. The molecule has 0 saturated heterocycles. The highest BCUT2D eigenvalue weighted by molar-refractivity contribution is 5.97. The Morgan fingerprint density at radius 2 is 1.60 bits per heavy atom. The number of carbonyl (C=O) groups is 2. The van der Waals surface area contributed by atoms with Gasteiger partial charge in [-0.2, -0.15) is 0 Å². The fraction of sp³-hybridized carbons (Fsp3) is 0.308. The Bertz CT molecular complexity index is 1080. The van der Waals surface area contributed by atoms with Crippen LogP contribution in [-0.4, -0.2) is 62.6 Å². The highest BCUT2D eigenvalue weighted by Gasteiger charge is 2.24. The monoisotopic (exact) mass is 484 g/mol. The molecule has 0 N–H and O–H groups in total. The van der Waals surface area contributed by atoms with Crippen molar-refractivity contribution in [1.29, 1.82) is 0 Å². The summed E-state index contributed by atoms with van der Waals surface area (Å²) in [5.41, 5.74) is 1.07. The van der Waals surface area contributed by atoms with Gasteiger partial charge in [-0.05, 0) is 42.0 Å². The van der Waals surface area contributed by atoms with Crippen molar-refractivity contribution >= 4 is 11.8 Å². The number of benzene rings is 2. The standard InChI is InChI=1S/C26H29FN2O6/c1-32-12-10-28(26(31)20-13-23(33-2)15-24(14-20)34-3)18-25(30)29(17-22-5-4-11-35-22)16-19-6-8-21(27)9-7-19/h4-9,11,13-15H,10,12,16-18H2,1-3H3. The average molecular weight is 485 g/mol. The summed E-state index contributed by atoms with van der Waals surface area (Å²) in [7, 11) is 4.52. The van der Waals surface area contributed by atoms with Crippen molar-refractivity contribution in [2.24, 2.45) is 0 Å². The molecule has 2 amide bonds. The molecule has 0 saturated carbocycles. The zero-order valence-electron chi connectivity index (χ0n) is 20.0. The van der Waals surface area contributed by atoms with Gasteiger partial charge in [-0.25, -0.2) is 4.39 Å². The minimum atomic E-state index is -0.368. The van der Waals surface area contributed by atoms with E-state index in [1.54, 1.807) is 47.4 Å². The number of nitrogens with zero attached hydrogens (tertiary/aromatic N) is 2. The lowest BCUT2D eigenvalue weighted by Gasteiger charge is -2.27. The molecule has 186 valence electrons. The summed E-state index contributed by atoms with van der Waals surface area (Å²) in [6, 6.07) is 14.3. The lowest BCUT2D eigenvalue weighted by Crippen LogP contribution is -2.43. The second kappa shape index (κ2) is 12.6.